The van der Waals surface area contributed by atoms with Gasteiger partial charge in [0.2, 0.25) is 0 Å². The molecule has 14 aromatic rings. The predicted molar refractivity (Wildman–Crippen MR) is 315 cm³/mol. The number of hydrogen-bond donors (Lipinski definition) is 0. The second kappa shape index (κ2) is 18.5. The van der Waals surface area contributed by atoms with E-state index in [0.717, 1.165) is 106 Å². The molecular weight excluding hydrogens is 913 g/mol. The van der Waals surface area contributed by atoms with Crippen LogP contribution in [-0.4, -0.2) is 4.57 Å². The molecule has 0 aliphatic rings. The maximum Gasteiger partial charge on any atom is 0.159 e. The van der Waals surface area contributed by atoms with Crippen molar-refractivity contribution in [1.82, 2.24) is 4.57 Å². The van der Waals surface area contributed by atoms with Crippen LogP contribution in [0, 0.1) is 0 Å². The smallest absolute Gasteiger partial charge is 0.159 e. The molecule has 0 saturated heterocycles. The molecular formula is C70H48N4O. The molecule has 2 heterocycles. The molecule has 75 heavy (non-hydrogen) atoms. The van der Waals surface area contributed by atoms with E-state index in [9.17, 15) is 2.74 Å². The molecule has 12 aromatic carbocycles. The minimum atomic E-state index is -0.461. The monoisotopic (exact) mass is 965 g/mol. The Morgan fingerprint density at radius 2 is 0.827 bits per heavy atom. The normalized spacial score (nSPS) is 12.4. The van der Waals surface area contributed by atoms with Gasteiger partial charge < -0.3 is 23.7 Å². The third-order valence-electron chi connectivity index (χ3n) is 14.2. The number of para-hydroxylation sites is 8. The topological polar surface area (TPSA) is 27.8 Å². The summed E-state index contributed by atoms with van der Waals surface area (Å²) in [5, 5.41) is 5.63. The number of fused-ring (bicyclic) bond motifs is 8. The molecule has 0 unspecified atom stereocenters. The van der Waals surface area contributed by atoms with Crippen molar-refractivity contribution in [2.24, 2.45) is 0 Å². The highest BCUT2D eigenvalue weighted by molar-refractivity contribution is 6.25. The molecule has 0 bridgehead atoms. The van der Waals surface area contributed by atoms with Crippen LogP contribution < -0.4 is 14.7 Å². The number of anilines is 9. The number of benzene rings is 12. The fourth-order valence-electron chi connectivity index (χ4n) is 11.0. The molecule has 2 aromatic heterocycles. The largest absolute Gasteiger partial charge is 0.454 e. The molecule has 5 nitrogen and oxygen atoms in total. The van der Waals surface area contributed by atoms with Gasteiger partial charge in [0.25, 0.3) is 0 Å². The summed E-state index contributed by atoms with van der Waals surface area (Å²) >= 11 is 0. The van der Waals surface area contributed by atoms with Crippen LogP contribution in [0.25, 0.3) is 71.3 Å². The predicted octanol–water partition coefficient (Wildman–Crippen LogP) is 19.9. The molecule has 0 fully saturated rings. The average molecular weight is 966 g/mol. The third-order valence-corrected chi connectivity index (χ3v) is 14.2. The second-order valence-corrected chi connectivity index (χ2v) is 18.5. The van der Waals surface area contributed by atoms with Gasteiger partial charge in [0, 0.05) is 72.7 Å². The SMILES string of the molecule is [2H]c1c([2H])c([2H])c(-n2c3cc(N(c4ccccc4)c4cccc5c4oc4ccccc45)ccc3c3c4ccccc4c(-c4cc(N(c5ccccc5)c5ccccc5)cc(N(c5ccccc5)c5ccccc5)c4)cc32)c([2H])c1[2H]. The summed E-state index contributed by atoms with van der Waals surface area (Å²) in [5.41, 5.74) is 12.9. The van der Waals surface area contributed by atoms with E-state index in [1.54, 1.807) is 0 Å². The lowest BCUT2D eigenvalue weighted by Gasteiger charge is -2.30. The first-order valence-electron chi connectivity index (χ1n) is 27.6. The van der Waals surface area contributed by atoms with Gasteiger partial charge in [-0.2, -0.15) is 0 Å². The van der Waals surface area contributed by atoms with E-state index in [1.165, 1.54) is 0 Å². The van der Waals surface area contributed by atoms with E-state index < -0.39 is 18.1 Å². The maximum absolute atomic E-state index is 9.64. The van der Waals surface area contributed by atoms with Crippen LogP contribution in [0.4, 0.5) is 51.2 Å². The summed E-state index contributed by atoms with van der Waals surface area (Å²) < 4.78 is 54.8. The van der Waals surface area contributed by atoms with E-state index in [-0.39, 0.29) is 17.8 Å². The van der Waals surface area contributed by atoms with Crippen LogP contribution >= 0.6 is 0 Å². The third kappa shape index (κ3) is 7.65. The lowest BCUT2D eigenvalue weighted by atomic mass is 9.93. The van der Waals surface area contributed by atoms with E-state index in [4.69, 9.17) is 8.53 Å². The number of nitrogens with zero attached hydrogens (tertiary/aromatic N) is 4. The fraction of sp³-hybridized carbons (Fsp3) is 0. The van der Waals surface area contributed by atoms with Crippen molar-refractivity contribution in [3.05, 3.63) is 291 Å². The Bertz CT molecular complexity index is 4460. The number of hydrogen-bond acceptors (Lipinski definition) is 4. The van der Waals surface area contributed by atoms with Crippen molar-refractivity contribution >= 4 is 106 Å². The Kier molecular flexibility index (Phi) is 9.51. The first-order valence-corrected chi connectivity index (χ1v) is 25.1. The summed E-state index contributed by atoms with van der Waals surface area (Å²) in [5.74, 6) is 0. The zero-order valence-corrected chi connectivity index (χ0v) is 40.5. The van der Waals surface area contributed by atoms with Gasteiger partial charge in [0.1, 0.15) is 5.58 Å². The Labute approximate surface area is 442 Å². The van der Waals surface area contributed by atoms with Gasteiger partial charge in [-0.15, -0.1) is 0 Å². The van der Waals surface area contributed by atoms with Crippen molar-refractivity contribution in [1.29, 1.82) is 0 Å². The molecule has 0 atom stereocenters. The van der Waals surface area contributed by atoms with Crippen LogP contribution in [0.5, 0.6) is 0 Å². The van der Waals surface area contributed by atoms with Gasteiger partial charge in [0.05, 0.1) is 23.6 Å². The van der Waals surface area contributed by atoms with E-state index >= 15 is 0 Å². The first-order chi connectivity index (χ1) is 39.3. The van der Waals surface area contributed by atoms with Crippen molar-refractivity contribution in [3.8, 4) is 16.8 Å². The zero-order chi connectivity index (χ0) is 54.0. The Hall–Kier alpha value is -10.1. The fourth-order valence-corrected chi connectivity index (χ4v) is 11.0. The van der Waals surface area contributed by atoms with Crippen molar-refractivity contribution in [2.75, 3.05) is 14.7 Å². The van der Waals surface area contributed by atoms with Crippen molar-refractivity contribution in [3.63, 3.8) is 0 Å². The molecule has 354 valence electrons. The zero-order valence-electron chi connectivity index (χ0n) is 45.5. The lowest BCUT2D eigenvalue weighted by molar-refractivity contribution is 0.669. The minimum absolute atomic E-state index is 0.0492. The van der Waals surface area contributed by atoms with Gasteiger partial charge in [-0.25, -0.2) is 0 Å². The molecule has 0 N–H and O–H groups in total. The molecule has 0 saturated carbocycles. The Morgan fingerprint density at radius 1 is 0.333 bits per heavy atom. The van der Waals surface area contributed by atoms with Gasteiger partial charge in [0.15, 0.2) is 5.58 Å². The van der Waals surface area contributed by atoms with Crippen LogP contribution in [-0.2, 0) is 0 Å². The molecule has 0 aliphatic carbocycles. The van der Waals surface area contributed by atoms with Gasteiger partial charge in [-0.1, -0.05) is 170 Å². The highest BCUT2D eigenvalue weighted by Crippen LogP contribution is 2.49. The quantitative estimate of drug-likeness (QED) is 0.129. The van der Waals surface area contributed by atoms with Gasteiger partial charge in [-0.05, 0) is 143 Å². The second-order valence-electron chi connectivity index (χ2n) is 18.5. The maximum atomic E-state index is 9.64. The lowest BCUT2D eigenvalue weighted by Crippen LogP contribution is -2.13. The minimum Gasteiger partial charge on any atom is -0.454 e. The number of rotatable bonds is 11. The molecule has 0 amide bonds. The standard InChI is InChI=1S/C70H48N4O/c1-7-24-50(25-8-1)71(51-26-9-2-10-27-51)57-44-49(45-58(46-57)72(52-28-11-3-12-29-52)53-30-13-4-14-31-53)64-48-67-69(61-38-20-19-36-59(61)64)63-43-42-56(47-66(63)74(67)55-34-17-6-18-35-55)73(54-32-15-5-16-33-54)65-40-23-39-62-60-37-21-22-41-68(60)75-70(62)65/h1-48H/i6D,17D,18D,34D,35D. The first kappa shape index (κ1) is 38.6. The molecule has 14 rings (SSSR count). The van der Waals surface area contributed by atoms with Gasteiger partial charge in [-0.3, -0.25) is 0 Å². The highest BCUT2D eigenvalue weighted by Gasteiger charge is 2.25. The molecule has 5 heteroatoms. The summed E-state index contributed by atoms with van der Waals surface area (Å²) in [6.07, 6.45) is 0. The Morgan fingerprint density at radius 3 is 1.40 bits per heavy atom. The summed E-state index contributed by atoms with van der Waals surface area (Å²) in [6.45, 7) is 0. The van der Waals surface area contributed by atoms with Crippen LogP contribution in [0.3, 0.4) is 0 Å². The molecule has 0 spiro atoms. The summed E-state index contributed by atoms with van der Waals surface area (Å²) in [6, 6.07) is 87.5. The van der Waals surface area contributed by atoms with Crippen LogP contribution in [0.1, 0.15) is 6.85 Å². The highest BCUT2D eigenvalue weighted by atomic mass is 16.3. The molecule has 0 aliphatic heterocycles. The van der Waals surface area contributed by atoms with Crippen molar-refractivity contribution in [2.45, 2.75) is 0 Å². The summed E-state index contributed by atoms with van der Waals surface area (Å²) in [7, 11) is 0. The van der Waals surface area contributed by atoms with Gasteiger partial charge >= 0.3 is 0 Å². The van der Waals surface area contributed by atoms with Crippen LogP contribution in [0.15, 0.2) is 295 Å². The summed E-state index contributed by atoms with van der Waals surface area (Å²) in [4.78, 5) is 6.72. The average Bonchev–Trinajstić information content (AvgIpc) is 4.21. The number of furan rings is 1. The van der Waals surface area contributed by atoms with E-state index in [1.807, 2.05) is 77.4 Å². The van der Waals surface area contributed by atoms with Crippen LogP contribution in [0.2, 0.25) is 0 Å². The van der Waals surface area contributed by atoms with E-state index in [2.05, 4.69) is 203 Å². The van der Waals surface area contributed by atoms with E-state index in [0.29, 0.717) is 11.0 Å². The Balaban J connectivity index is 1.09. The van der Waals surface area contributed by atoms with Crippen molar-refractivity contribution < 1.29 is 11.3 Å². The number of aromatic nitrogens is 1. The molecule has 0 radical (unpaired) electrons.